The summed E-state index contributed by atoms with van der Waals surface area (Å²) in [4.78, 5) is 28.4. The summed E-state index contributed by atoms with van der Waals surface area (Å²) in [6.07, 6.45) is 1.59. The molecule has 212 valence electrons. The molecular formula is C27H36F3N7OS. The normalized spacial score (nSPS) is 18.7. The van der Waals surface area contributed by atoms with Gasteiger partial charge in [-0.2, -0.15) is 13.2 Å². The fourth-order valence-corrected chi connectivity index (χ4v) is 6.86. The van der Waals surface area contributed by atoms with E-state index in [0.29, 0.717) is 37.0 Å². The molecule has 0 bridgehead atoms. The van der Waals surface area contributed by atoms with Crippen LogP contribution in [0.3, 0.4) is 0 Å². The molecule has 0 radical (unpaired) electrons. The van der Waals surface area contributed by atoms with Gasteiger partial charge in [0.1, 0.15) is 16.5 Å². The topological polar surface area (TPSA) is 80.0 Å². The minimum absolute atomic E-state index is 0.149. The standard InChI is InChI=1S/C27H36F3N7OS/c1-4-6-19-14-20-24(36-12-13-37-22(16-36)33-34-26(37)27(28,29)30)31-21(32-25(20)39-19)9-8-17(3)18-10-11-35(15-18)23(38)7-5-2/h14,17-18H,4-13,15-16H2,1-3H3. The van der Waals surface area contributed by atoms with Crippen LogP contribution in [0, 0.1) is 11.8 Å². The molecule has 0 N–H and O–H groups in total. The fraction of sp³-hybridized carbons (Fsp3) is 0.667. The average molecular weight is 564 g/mol. The number of carbonyl (C=O) groups is 1. The molecule has 0 aliphatic carbocycles. The van der Waals surface area contributed by atoms with Crippen molar-refractivity contribution in [2.45, 2.75) is 85.0 Å². The number of thiophene rings is 1. The number of nitrogens with zero attached hydrogens (tertiary/aromatic N) is 7. The smallest absolute Gasteiger partial charge is 0.347 e. The van der Waals surface area contributed by atoms with Crippen molar-refractivity contribution in [3.63, 3.8) is 0 Å². The van der Waals surface area contributed by atoms with Crippen molar-refractivity contribution in [1.82, 2.24) is 29.6 Å². The molecule has 8 nitrogen and oxygen atoms in total. The lowest BCUT2D eigenvalue weighted by Gasteiger charge is -2.29. The lowest BCUT2D eigenvalue weighted by Crippen LogP contribution is -2.36. The highest BCUT2D eigenvalue weighted by Crippen LogP contribution is 2.35. The Hall–Kier alpha value is -2.76. The molecule has 3 aromatic heterocycles. The number of halogens is 3. The second-order valence-corrected chi connectivity index (χ2v) is 11.9. The van der Waals surface area contributed by atoms with Crippen LogP contribution in [0.5, 0.6) is 0 Å². The zero-order chi connectivity index (χ0) is 27.7. The number of fused-ring (bicyclic) bond motifs is 2. The summed E-state index contributed by atoms with van der Waals surface area (Å²) in [6, 6.07) is 2.13. The van der Waals surface area contributed by atoms with Gasteiger partial charge in [0.05, 0.1) is 11.9 Å². The highest BCUT2D eigenvalue weighted by Gasteiger charge is 2.40. The summed E-state index contributed by atoms with van der Waals surface area (Å²) in [5, 5.41) is 8.23. The van der Waals surface area contributed by atoms with Crippen LogP contribution in [0.15, 0.2) is 6.07 Å². The van der Waals surface area contributed by atoms with Crippen molar-refractivity contribution in [1.29, 1.82) is 0 Å². The van der Waals surface area contributed by atoms with Gasteiger partial charge in [-0.15, -0.1) is 21.5 Å². The van der Waals surface area contributed by atoms with Gasteiger partial charge < -0.3 is 14.4 Å². The summed E-state index contributed by atoms with van der Waals surface area (Å²) in [7, 11) is 0. The van der Waals surface area contributed by atoms with Crippen molar-refractivity contribution >= 4 is 33.3 Å². The maximum atomic E-state index is 13.3. The van der Waals surface area contributed by atoms with E-state index in [4.69, 9.17) is 9.97 Å². The first-order valence-corrected chi connectivity index (χ1v) is 14.8. The summed E-state index contributed by atoms with van der Waals surface area (Å²) in [6.45, 7) is 8.84. The number of aromatic nitrogens is 5. The first kappa shape index (κ1) is 27.8. The Balaban J connectivity index is 1.35. The van der Waals surface area contributed by atoms with Gasteiger partial charge in [0.15, 0.2) is 5.82 Å². The number of likely N-dealkylation sites (tertiary alicyclic amines) is 1. The van der Waals surface area contributed by atoms with Crippen LogP contribution < -0.4 is 4.90 Å². The second kappa shape index (κ2) is 11.4. The molecule has 2 unspecified atom stereocenters. The number of anilines is 1. The van der Waals surface area contributed by atoms with Gasteiger partial charge >= 0.3 is 6.18 Å². The van der Waals surface area contributed by atoms with Crippen LogP contribution in [0.4, 0.5) is 19.0 Å². The van der Waals surface area contributed by atoms with E-state index in [0.717, 1.165) is 67.1 Å². The van der Waals surface area contributed by atoms with E-state index < -0.39 is 12.0 Å². The van der Waals surface area contributed by atoms with Crippen molar-refractivity contribution < 1.29 is 18.0 Å². The van der Waals surface area contributed by atoms with Gasteiger partial charge in [-0.1, -0.05) is 27.2 Å². The van der Waals surface area contributed by atoms with Gasteiger partial charge in [0.2, 0.25) is 11.7 Å². The van der Waals surface area contributed by atoms with E-state index in [1.807, 2.05) is 16.7 Å². The zero-order valence-corrected chi connectivity index (χ0v) is 23.6. The molecule has 0 aromatic carbocycles. The Morgan fingerprint density at radius 1 is 1.13 bits per heavy atom. The summed E-state index contributed by atoms with van der Waals surface area (Å²) in [5.74, 6) is 2.04. The van der Waals surface area contributed by atoms with Crippen molar-refractivity contribution in [3.8, 4) is 0 Å². The number of hydrogen-bond acceptors (Lipinski definition) is 7. The minimum atomic E-state index is -4.53. The van der Waals surface area contributed by atoms with E-state index in [2.05, 4.69) is 30.1 Å². The largest absolute Gasteiger partial charge is 0.451 e. The predicted octanol–water partition coefficient (Wildman–Crippen LogP) is 5.49. The summed E-state index contributed by atoms with van der Waals surface area (Å²) < 4.78 is 41.2. The maximum absolute atomic E-state index is 13.3. The van der Waals surface area contributed by atoms with E-state index >= 15 is 0 Å². The van der Waals surface area contributed by atoms with Crippen LogP contribution >= 0.6 is 11.3 Å². The number of hydrogen-bond donors (Lipinski definition) is 0. The van der Waals surface area contributed by atoms with Gasteiger partial charge in [-0.3, -0.25) is 4.79 Å². The third-order valence-electron chi connectivity index (χ3n) is 7.94. The second-order valence-electron chi connectivity index (χ2n) is 10.8. The Bertz CT molecular complexity index is 1320. The van der Waals surface area contributed by atoms with Gasteiger partial charge in [-0.25, -0.2) is 9.97 Å². The quantitative estimate of drug-likeness (QED) is 0.343. The van der Waals surface area contributed by atoms with Crippen molar-refractivity contribution in [3.05, 3.63) is 28.4 Å². The molecule has 0 spiro atoms. The van der Waals surface area contributed by atoms with E-state index in [1.54, 1.807) is 11.3 Å². The maximum Gasteiger partial charge on any atom is 0.451 e. The van der Waals surface area contributed by atoms with Crippen LogP contribution in [0.1, 0.15) is 75.2 Å². The Morgan fingerprint density at radius 2 is 1.95 bits per heavy atom. The first-order chi connectivity index (χ1) is 18.7. The fourth-order valence-electron chi connectivity index (χ4n) is 5.71. The number of carbonyl (C=O) groups excluding carboxylic acids is 1. The van der Waals surface area contributed by atoms with E-state index in [1.165, 1.54) is 9.44 Å². The van der Waals surface area contributed by atoms with Crippen LogP contribution in [-0.2, 0) is 36.9 Å². The number of rotatable bonds is 9. The molecule has 2 atom stereocenters. The van der Waals surface area contributed by atoms with Crippen LogP contribution in [0.25, 0.3) is 10.2 Å². The molecule has 12 heteroatoms. The molecule has 0 saturated carbocycles. The van der Waals surface area contributed by atoms with E-state index in [9.17, 15) is 18.0 Å². The zero-order valence-electron chi connectivity index (χ0n) is 22.8. The summed E-state index contributed by atoms with van der Waals surface area (Å²) in [5.41, 5.74) is 0. The Morgan fingerprint density at radius 3 is 2.69 bits per heavy atom. The molecule has 1 saturated heterocycles. The molecule has 39 heavy (non-hydrogen) atoms. The lowest BCUT2D eigenvalue weighted by atomic mass is 9.89. The molecule has 5 rings (SSSR count). The third-order valence-corrected chi connectivity index (χ3v) is 9.03. The monoisotopic (exact) mass is 563 g/mol. The Kier molecular flexibility index (Phi) is 8.11. The van der Waals surface area contributed by atoms with Gasteiger partial charge in [0, 0.05) is 43.9 Å². The van der Waals surface area contributed by atoms with Crippen LogP contribution in [-0.4, -0.2) is 55.2 Å². The van der Waals surface area contributed by atoms with Crippen molar-refractivity contribution in [2.75, 3.05) is 24.5 Å². The SMILES string of the molecule is CCCC(=O)N1CCC(C(C)CCc2nc(N3CCn4c(nnc4C(F)(F)F)C3)c3cc(CCC)sc3n2)C1. The molecule has 2 aliphatic rings. The molecular weight excluding hydrogens is 527 g/mol. The van der Waals surface area contributed by atoms with Gasteiger partial charge in [0.25, 0.3) is 0 Å². The molecule has 3 aromatic rings. The molecule has 5 heterocycles. The summed E-state index contributed by atoms with van der Waals surface area (Å²) >= 11 is 1.67. The van der Waals surface area contributed by atoms with Crippen LogP contribution in [0.2, 0.25) is 0 Å². The molecule has 2 aliphatic heterocycles. The average Bonchev–Trinajstić information content (AvgIpc) is 3.64. The van der Waals surface area contributed by atoms with Gasteiger partial charge in [-0.05, 0) is 43.6 Å². The Labute approximate surface area is 230 Å². The molecule has 1 amide bonds. The highest BCUT2D eigenvalue weighted by molar-refractivity contribution is 7.18. The minimum Gasteiger partial charge on any atom is -0.347 e. The number of aryl methyl sites for hydroxylation is 2. The highest BCUT2D eigenvalue weighted by atomic mass is 32.1. The predicted molar refractivity (Wildman–Crippen MR) is 145 cm³/mol. The van der Waals surface area contributed by atoms with Crippen molar-refractivity contribution in [2.24, 2.45) is 11.8 Å². The lowest BCUT2D eigenvalue weighted by molar-refractivity contribution is -0.147. The number of alkyl halides is 3. The first-order valence-electron chi connectivity index (χ1n) is 14.0. The van der Waals surface area contributed by atoms with E-state index in [-0.39, 0.29) is 19.0 Å². The third kappa shape index (κ3) is 5.90. The molecule has 1 fully saturated rings. The number of amides is 1.